The zero-order valence-corrected chi connectivity index (χ0v) is 13.9. The summed E-state index contributed by atoms with van der Waals surface area (Å²) in [5, 5.41) is 12.1. The number of carbonyl (C=O) groups is 1. The molecule has 0 bridgehead atoms. The molecule has 0 radical (unpaired) electrons. The van der Waals surface area contributed by atoms with Gasteiger partial charge in [0, 0.05) is 18.5 Å². The number of carbonyl (C=O) groups excluding carboxylic acids is 1. The zero-order valence-electron chi connectivity index (χ0n) is 12.3. The normalized spacial score (nSPS) is 24.0. The smallest absolute Gasteiger partial charge is 0.223 e. The van der Waals surface area contributed by atoms with E-state index in [4.69, 9.17) is 5.73 Å². The first kappa shape index (κ1) is 19.8. The molecule has 0 unspecified atom stereocenters. The van der Waals surface area contributed by atoms with Crippen molar-refractivity contribution in [1.82, 2.24) is 5.32 Å². The fourth-order valence-corrected chi connectivity index (χ4v) is 3.63. The van der Waals surface area contributed by atoms with Crippen LogP contribution in [0.1, 0.15) is 12.8 Å². The molecule has 1 aromatic rings. The van der Waals surface area contributed by atoms with E-state index >= 15 is 0 Å². The van der Waals surface area contributed by atoms with E-state index in [0.29, 0.717) is 6.42 Å². The van der Waals surface area contributed by atoms with Crippen LogP contribution in [-0.4, -0.2) is 43.9 Å². The van der Waals surface area contributed by atoms with Crippen molar-refractivity contribution >= 4 is 28.2 Å². The Balaban J connectivity index is 0.00000264. The molecule has 1 aromatic carbocycles. The molecule has 3 atom stereocenters. The van der Waals surface area contributed by atoms with Gasteiger partial charge in [-0.05, 0) is 37.1 Å². The van der Waals surface area contributed by atoms with Crippen molar-refractivity contribution in [3.05, 3.63) is 30.1 Å². The summed E-state index contributed by atoms with van der Waals surface area (Å²) >= 11 is 0. The third kappa shape index (κ3) is 5.13. The molecule has 0 spiro atoms. The number of halogens is 2. The highest BCUT2D eigenvalue weighted by molar-refractivity contribution is 7.91. The molecule has 1 aliphatic carbocycles. The largest absolute Gasteiger partial charge is 0.391 e. The second kappa shape index (κ2) is 8.05. The maximum Gasteiger partial charge on any atom is 0.223 e. The van der Waals surface area contributed by atoms with Gasteiger partial charge < -0.3 is 16.2 Å². The summed E-state index contributed by atoms with van der Waals surface area (Å²) in [6, 6.07) is 4.12. The molecule has 0 heterocycles. The van der Waals surface area contributed by atoms with Gasteiger partial charge in [0.2, 0.25) is 5.91 Å². The van der Waals surface area contributed by atoms with Gasteiger partial charge in [-0.2, -0.15) is 0 Å². The summed E-state index contributed by atoms with van der Waals surface area (Å²) in [5.41, 5.74) is 5.64. The van der Waals surface area contributed by atoms with Crippen molar-refractivity contribution in [3.8, 4) is 0 Å². The maximum atomic E-state index is 12.8. The van der Waals surface area contributed by atoms with Crippen LogP contribution in [0.5, 0.6) is 0 Å². The van der Waals surface area contributed by atoms with Crippen LogP contribution in [0.15, 0.2) is 29.2 Å². The Morgan fingerprint density at radius 2 is 1.91 bits per heavy atom. The molecule has 0 aliphatic heterocycles. The number of aliphatic hydroxyl groups excluding tert-OH is 1. The lowest BCUT2D eigenvalue weighted by atomic mass is 10.1. The number of nitrogens with two attached hydrogens (primary N) is 1. The molecule has 1 amide bonds. The van der Waals surface area contributed by atoms with Crippen LogP contribution in [0.25, 0.3) is 0 Å². The molecule has 130 valence electrons. The van der Waals surface area contributed by atoms with E-state index in [1.807, 2.05) is 0 Å². The topological polar surface area (TPSA) is 109 Å². The fraction of sp³-hybridized carbons (Fsp3) is 0.500. The van der Waals surface area contributed by atoms with Gasteiger partial charge in [-0.1, -0.05) is 0 Å². The molecule has 0 saturated heterocycles. The highest BCUT2D eigenvalue weighted by atomic mass is 35.5. The van der Waals surface area contributed by atoms with E-state index in [1.165, 1.54) is 12.1 Å². The fourth-order valence-electron chi connectivity index (χ4n) is 2.47. The number of hydrogen-bond donors (Lipinski definition) is 3. The van der Waals surface area contributed by atoms with Crippen molar-refractivity contribution in [2.75, 3.05) is 12.3 Å². The predicted molar refractivity (Wildman–Crippen MR) is 85.4 cm³/mol. The van der Waals surface area contributed by atoms with E-state index in [1.54, 1.807) is 0 Å². The third-order valence-electron chi connectivity index (χ3n) is 3.79. The highest BCUT2D eigenvalue weighted by Gasteiger charge is 2.34. The zero-order chi connectivity index (χ0) is 16.3. The number of aliphatic hydroxyl groups is 1. The van der Waals surface area contributed by atoms with Gasteiger partial charge in [0.05, 0.1) is 16.8 Å². The van der Waals surface area contributed by atoms with Crippen molar-refractivity contribution in [2.45, 2.75) is 29.9 Å². The average molecular weight is 367 g/mol. The summed E-state index contributed by atoms with van der Waals surface area (Å²) < 4.78 is 36.8. The van der Waals surface area contributed by atoms with Crippen molar-refractivity contribution in [2.24, 2.45) is 11.7 Å². The lowest BCUT2D eigenvalue weighted by Gasteiger charge is -2.11. The van der Waals surface area contributed by atoms with Crippen LogP contribution in [0.2, 0.25) is 0 Å². The Kier molecular flexibility index (Phi) is 6.94. The Hall–Kier alpha value is -1.22. The van der Waals surface area contributed by atoms with Gasteiger partial charge in [-0.3, -0.25) is 4.79 Å². The van der Waals surface area contributed by atoms with E-state index in [9.17, 15) is 22.7 Å². The number of amides is 1. The number of hydrogen-bond acceptors (Lipinski definition) is 5. The van der Waals surface area contributed by atoms with Gasteiger partial charge in [0.25, 0.3) is 0 Å². The van der Waals surface area contributed by atoms with Crippen LogP contribution in [-0.2, 0) is 14.6 Å². The minimum Gasteiger partial charge on any atom is -0.391 e. The molecule has 4 N–H and O–H groups in total. The summed E-state index contributed by atoms with van der Waals surface area (Å²) in [5.74, 6) is -1.48. The molecule has 0 aromatic heterocycles. The number of nitrogens with one attached hydrogen (secondary N) is 1. The molecular weight excluding hydrogens is 347 g/mol. The van der Waals surface area contributed by atoms with E-state index in [2.05, 4.69) is 5.32 Å². The number of sulfone groups is 1. The second-order valence-corrected chi connectivity index (χ2v) is 7.57. The maximum absolute atomic E-state index is 12.8. The molecular formula is C14H20ClFN2O4S. The Morgan fingerprint density at radius 1 is 1.30 bits per heavy atom. The lowest BCUT2D eigenvalue weighted by molar-refractivity contribution is -0.124. The summed E-state index contributed by atoms with van der Waals surface area (Å²) in [6.45, 7) is -0.0413. The minimum absolute atomic E-state index is 0. The molecule has 1 aliphatic rings. The van der Waals surface area contributed by atoms with Crippen LogP contribution >= 0.6 is 12.4 Å². The number of benzene rings is 1. The SMILES string of the molecule is Cl.N[C@@H]1C[C@H](C(=O)NCCS(=O)(=O)c2ccc(F)cc2)C[C@H]1O. The van der Waals surface area contributed by atoms with Gasteiger partial charge in [0.15, 0.2) is 9.84 Å². The van der Waals surface area contributed by atoms with Crippen molar-refractivity contribution in [3.63, 3.8) is 0 Å². The lowest BCUT2D eigenvalue weighted by Crippen LogP contribution is -2.34. The Bertz CT molecular complexity index is 629. The first-order valence-electron chi connectivity index (χ1n) is 6.99. The van der Waals surface area contributed by atoms with Crippen LogP contribution in [0.3, 0.4) is 0 Å². The van der Waals surface area contributed by atoms with Gasteiger partial charge in [-0.15, -0.1) is 12.4 Å². The van der Waals surface area contributed by atoms with E-state index in [0.717, 1.165) is 12.1 Å². The van der Waals surface area contributed by atoms with Crippen molar-refractivity contribution < 1.29 is 22.7 Å². The molecule has 9 heteroatoms. The average Bonchev–Trinajstić information content (AvgIpc) is 2.79. The van der Waals surface area contributed by atoms with E-state index in [-0.39, 0.29) is 41.9 Å². The first-order valence-corrected chi connectivity index (χ1v) is 8.64. The third-order valence-corrected chi connectivity index (χ3v) is 5.52. The monoisotopic (exact) mass is 366 g/mol. The summed E-state index contributed by atoms with van der Waals surface area (Å²) in [6.07, 6.45) is -0.0196. The molecule has 2 rings (SSSR count). The first-order chi connectivity index (χ1) is 10.3. The minimum atomic E-state index is -3.57. The molecule has 1 saturated carbocycles. The highest BCUT2D eigenvalue weighted by Crippen LogP contribution is 2.24. The van der Waals surface area contributed by atoms with Crippen molar-refractivity contribution in [1.29, 1.82) is 0 Å². The quantitative estimate of drug-likeness (QED) is 0.646. The van der Waals surface area contributed by atoms with Gasteiger partial charge >= 0.3 is 0 Å². The Morgan fingerprint density at radius 3 is 2.43 bits per heavy atom. The van der Waals surface area contributed by atoms with Crippen LogP contribution in [0, 0.1) is 11.7 Å². The van der Waals surface area contributed by atoms with Crippen LogP contribution < -0.4 is 11.1 Å². The number of rotatable bonds is 5. The summed E-state index contributed by atoms with van der Waals surface area (Å²) in [7, 11) is -3.57. The van der Waals surface area contributed by atoms with E-state index < -0.39 is 33.7 Å². The van der Waals surface area contributed by atoms with Gasteiger partial charge in [-0.25, -0.2) is 12.8 Å². The molecule has 23 heavy (non-hydrogen) atoms. The summed E-state index contributed by atoms with van der Waals surface area (Å²) in [4.78, 5) is 11.9. The molecule has 6 nitrogen and oxygen atoms in total. The molecule has 1 fully saturated rings. The van der Waals surface area contributed by atoms with Crippen LogP contribution in [0.4, 0.5) is 4.39 Å². The predicted octanol–water partition coefficient (Wildman–Crippen LogP) is 0.236. The second-order valence-electron chi connectivity index (χ2n) is 5.46. The Labute approximate surface area is 140 Å². The standard InChI is InChI=1S/C14H19FN2O4S.ClH/c15-10-1-3-11(4-2-10)22(20,21)6-5-17-14(19)9-7-12(16)13(18)8-9;/h1-4,9,12-13,18H,5-8,16H2,(H,17,19);1H/t9-,12+,13+;/m0./s1. The van der Waals surface area contributed by atoms with Gasteiger partial charge in [0.1, 0.15) is 5.82 Å².